The fraction of sp³-hybridized carbons (Fsp3) is 0.303. The summed E-state index contributed by atoms with van der Waals surface area (Å²) >= 11 is 2.12. The number of halogens is 1. The minimum Gasteiger partial charge on any atom is -0.490 e. The molecule has 0 aliphatic carbocycles. The molecule has 0 saturated carbocycles. The zero-order valence-corrected chi connectivity index (χ0v) is 29.3. The van der Waals surface area contributed by atoms with Crippen LogP contribution in [0.15, 0.2) is 71.0 Å². The molecule has 0 fully saturated rings. The molecular formula is C33H36IN5O10. The van der Waals surface area contributed by atoms with Gasteiger partial charge < -0.3 is 39.4 Å². The number of carbonyl (C=O) groups excluding carboxylic acids is 2. The number of rotatable bonds is 16. The Morgan fingerprint density at radius 1 is 1.06 bits per heavy atom. The Morgan fingerprint density at radius 2 is 1.78 bits per heavy atom. The van der Waals surface area contributed by atoms with Gasteiger partial charge in [-0.15, -0.1) is 0 Å². The van der Waals surface area contributed by atoms with Crippen molar-refractivity contribution in [2.45, 2.75) is 39.6 Å². The average Bonchev–Trinajstić information content (AvgIpc) is 3.07. The predicted octanol–water partition coefficient (Wildman–Crippen LogP) is 4.70. The maximum Gasteiger partial charge on any atom is 0.337 e. The lowest BCUT2D eigenvalue weighted by molar-refractivity contribution is -0.384. The molecule has 0 spiro atoms. The number of methoxy groups -OCH3 is 1. The third-order valence-corrected chi connectivity index (χ3v) is 7.77. The summed E-state index contributed by atoms with van der Waals surface area (Å²) in [5.41, 5.74) is 5.25. The van der Waals surface area contributed by atoms with Gasteiger partial charge in [-0.1, -0.05) is 6.07 Å². The van der Waals surface area contributed by atoms with Gasteiger partial charge in [-0.2, -0.15) is 5.10 Å². The van der Waals surface area contributed by atoms with Gasteiger partial charge in [0.1, 0.15) is 13.2 Å². The number of nitro benzene ring substituents is 1. The summed E-state index contributed by atoms with van der Waals surface area (Å²) in [7, 11) is 1.26. The number of nitrogens with zero attached hydrogens (tertiary/aromatic N) is 2. The molecule has 3 aromatic carbocycles. The molecule has 49 heavy (non-hydrogen) atoms. The van der Waals surface area contributed by atoms with E-state index in [2.05, 4.69) is 43.8 Å². The van der Waals surface area contributed by atoms with E-state index in [1.54, 1.807) is 50.2 Å². The summed E-state index contributed by atoms with van der Waals surface area (Å²) in [4.78, 5) is 35.1. The molecule has 0 bridgehead atoms. The van der Waals surface area contributed by atoms with Gasteiger partial charge in [-0.05, 0) is 96.5 Å². The van der Waals surface area contributed by atoms with Gasteiger partial charge in [0.05, 0.1) is 46.6 Å². The Hall–Kier alpha value is -5.10. The molecule has 15 nitrogen and oxygen atoms in total. The normalized spacial score (nSPS) is 14.8. The van der Waals surface area contributed by atoms with Crippen LogP contribution in [-0.2, 0) is 16.1 Å². The van der Waals surface area contributed by atoms with Crippen molar-refractivity contribution in [1.82, 2.24) is 16.1 Å². The quantitative estimate of drug-likeness (QED) is 0.0393. The maximum atomic E-state index is 12.5. The van der Waals surface area contributed by atoms with E-state index in [1.165, 1.54) is 25.5 Å². The van der Waals surface area contributed by atoms with Gasteiger partial charge in [0.15, 0.2) is 29.2 Å². The molecule has 260 valence electrons. The Bertz CT molecular complexity index is 1730. The maximum absolute atomic E-state index is 12.5. The first-order valence-corrected chi connectivity index (χ1v) is 16.2. The summed E-state index contributed by atoms with van der Waals surface area (Å²) < 4.78 is 29.0. The van der Waals surface area contributed by atoms with Crippen LogP contribution in [-0.4, -0.2) is 61.4 Å². The standard InChI is InChI=1S/C33H36IN5O10/c1-5-46-26-15-22(30-29(32(41)45-4)19(3)36-33(42)37-30)9-12-25(26)48-18-28(40)38-35-16-21-13-24(34)31(27(14-21)47-6-2)49-17-20-7-10-23(11-8-20)39(43)44/h7-16,28,30,38,40H,5-6,17-18H2,1-4H3,(H2,36,37,42)/b35-16+/t28-,30+/m0/s1. The van der Waals surface area contributed by atoms with Crippen LogP contribution >= 0.6 is 22.6 Å². The van der Waals surface area contributed by atoms with E-state index in [9.17, 15) is 24.8 Å². The molecular weight excluding hydrogens is 753 g/mol. The van der Waals surface area contributed by atoms with E-state index >= 15 is 0 Å². The zero-order chi connectivity index (χ0) is 35.5. The lowest BCUT2D eigenvalue weighted by atomic mass is 9.95. The number of non-ortho nitro benzene ring substituents is 1. The summed E-state index contributed by atoms with van der Waals surface area (Å²) in [5.74, 6) is 1.10. The van der Waals surface area contributed by atoms with Gasteiger partial charge in [-0.3, -0.25) is 15.5 Å². The van der Waals surface area contributed by atoms with Crippen molar-refractivity contribution in [2.75, 3.05) is 26.9 Å². The number of hydrogen-bond acceptors (Lipinski definition) is 12. The first-order chi connectivity index (χ1) is 23.5. The molecule has 1 aliphatic heterocycles. The highest BCUT2D eigenvalue weighted by molar-refractivity contribution is 14.1. The number of nitrogens with one attached hydrogen (secondary N) is 3. The van der Waals surface area contributed by atoms with Crippen LogP contribution in [0.4, 0.5) is 10.5 Å². The van der Waals surface area contributed by atoms with Crippen molar-refractivity contribution in [2.24, 2.45) is 5.10 Å². The van der Waals surface area contributed by atoms with E-state index < -0.39 is 29.2 Å². The van der Waals surface area contributed by atoms with Crippen LogP contribution in [0.5, 0.6) is 23.0 Å². The van der Waals surface area contributed by atoms with Crippen molar-refractivity contribution >= 4 is 46.5 Å². The van der Waals surface area contributed by atoms with Crippen molar-refractivity contribution in [3.8, 4) is 23.0 Å². The first kappa shape index (κ1) is 36.7. The van der Waals surface area contributed by atoms with Crippen LogP contribution in [0, 0.1) is 13.7 Å². The number of esters is 1. The summed E-state index contributed by atoms with van der Waals surface area (Å²) in [6.45, 7) is 5.95. The van der Waals surface area contributed by atoms with Crippen LogP contribution in [0.2, 0.25) is 0 Å². The number of hydrogen-bond donors (Lipinski definition) is 4. The molecule has 16 heteroatoms. The second-order valence-electron chi connectivity index (χ2n) is 10.4. The molecule has 4 rings (SSSR count). The van der Waals surface area contributed by atoms with E-state index in [0.29, 0.717) is 53.0 Å². The fourth-order valence-electron chi connectivity index (χ4n) is 4.75. The van der Waals surface area contributed by atoms with Crippen molar-refractivity contribution in [3.05, 3.63) is 96.2 Å². The smallest absolute Gasteiger partial charge is 0.337 e. The van der Waals surface area contributed by atoms with Gasteiger partial charge in [-0.25, -0.2) is 9.59 Å². The number of urea groups is 1. The van der Waals surface area contributed by atoms with Crippen LogP contribution in [0.1, 0.15) is 43.5 Å². The SMILES string of the molecule is CCOc1cc([C@H]2NC(=O)NC(C)=C2C(=O)OC)ccc1OC[C@H](O)N/N=C/c1cc(I)c(OCc2ccc([N+](=O)[O-])cc2)c(OCC)c1. The molecule has 0 aromatic heterocycles. The molecule has 1 aliphatic rings. The van der Waals surface area contributed by atoms with Crippen LogP contribution in [0.3, 0.4) is 0 Å². The molecule has 2 atom stereocenters. The molecule has 1 heterocycles. The van der Waals surface area contributed by atoms with Crippen molar-refractivity contribution < 1.29 is 43.3 Å². The minimum atomic E-state index is -1.19. The second kappa shape index (κ2) is 17.3. The number of ether oxygens (including phenoxy) is 5. The second-order valence-corrected chi connectivity index (χ2v) is 11.6. The van der Waals surface area contributed by atoms with Crippen LogP contribution < -0.4 is 35.0 Å². The molecule has 0 unspecified atom stereocenters. The Balaban J connectivity index is 1.39. The average molecular weight is 790 g/mol. The van der Waals surface area contributed by atoms with E-state index in [4.69, 9.17) is 23.7 Å². The number of amides is 2. The van der Waals surface area contributed by atoms with E-state index in [0.717, 1.165) is 9.13 Å². The van der Waals surface area contributed by atoms with Gasteiger partial charge in [0.25, 0.3) is 5.69 Å². The summed E-state index contributed by atoms with van der Waals surface area (Å²) in [6.07, 6.45) is 0.316. The van der Waals surface area contributed by atoms with Gasteiger partial charge >= 0.3 is 12.0 Å². The lowest BCUT2D eigenvalue weighted by Crippen LogP contribution is -2.45. The van der Waals surface area contributed by atoms with E-state index in [-0.39, 0.29) is 24.5 Å². The minimum absolute atomic E-state index is 0.00116. The number of nitro groups is 1. The monoisotopic (exact) mass is 789 g/mol. The number of hydrazone groups is 1. The van der Waals surface area contributed by atoms with Crippen molar-refractivity contribution in [3.63, 3.8) is 0 Å². The largest absolute Gasteiger partial charge is 0.490 e. The number of carbonyl (C=O) groups is 2. The highest BCUT2D eigenvalue weighted by Gasteiger charge is 2.32. The predicted molar refractivity (Wildman–Crippen MR) is 187 cm³/mol. The third kappa shape index (κ3) is 9.73. The Kier molecular flexibility index (Phi) is 13.0. The number of aliphatic hydroxyl groups excluding tert-OH is 1. The number of aliphatic hydroxyl groups is 1. The van der Waals surface area contributed by atoms with Gasteiger partial charge in [0, 0.05) is 17.8 Å². The number of allylic oxidation sites excluding steroid dienone is 1. The van der Waals surface area contributed by atoms with Gasteiger partial charge in [0.2, 0.25) is 0 Å². The van der Waals surface area contributed by atoms with Crippen LogP contribution in [0.25, 0.3) is 0 Å². The zero-order valence-electron chi connectivity index (χ0n) is 27.2. The highest BCUT2D eigenvalue weighted by Crippen LogP contribution is 2.36. The highest BCUT2D eigenvalue weighted by atomic mass is 127. The summed E-state index contributed by atoms with van der Waals surface area (Å²) in [5, 5.41) is 30.9. The van der Waals surface area contributed by atoms with Crippen molar-refractivity contribution in [1.29, 1.82) is 0 Å². The molecule has 3 aromatic rings. The molecule has 2 amide bonds. The fourth-order valence-corrected chi connectivity index (χ4v) is 5.54. The molecule has 4 N–H and O–H groups in total. The summed E-state index contributed by atoms with van der Waals surface area (Å²) in [6, 6.07) is 13.4. The molecule has 0 radical (unpaired) electrons. The molecule has 0 saturated heterocycles. The lowest BCUT2D eigenvalue weighted by Gasteiger charge is -2.28. The van der Waals surface area contributed by atoms with E-state index in [1.807, 2.05) is 13.0 Å². The Labute approximate surface area is 295 Å². The topological polar surface area (TPSA) is 192 Å². The number of benzene rings is 3. The Morgan fingerprint density at radius 3 is 2.45 bits per heavy atom. The first-order valence-electron chi connectivity index (χ1n) is 15.1. The third-order valence-electron chi connectivity index (χ3n) is 6.97.